The molecular weight excluding hydrogens is 264 g/mol. The third-order valence-corrected chi connectivity index (χ3v) is 3.90. The highest BCUT2D eigenvalue weighted by Gasteiger charge is 2.24. The van der Waals surface area contributed by atoms with E-state index < -0.39 is 0 Å². The molecule has 3 aromatic rings. The van der Waals surface area contributed by atoms with Gasteiger partial charge in [-0.05, 0) is 35.1 Å². The van der Waals surface area contributed by atoms with Gasteiger partial charge in [0.2, 0.25) is 0 Å². The number of hydrogen-bond acceptors (Lipinski definition) is 3. The minimum absolute atomic E-state index is 0.0194. The second kappa shape index (κ2) is 4.03. The smallest absolute Gasteiger partial charge is 0.187 e. The number of carbonyl (C=O) groups is 2. The van der Waals surface area contributed by atoms with E-state index in [9.17, 15) is 14.7 Å². The Bertz CT molecular complexity index is 981. The van der Waals surface area contributed by atoms with E-state index in [0.717, 1.165) is 10.8 Å². The van der Waals surface area contributed by atoms with Crippen LogP contribution in [0.15, 0.2) is 54.6 Å². The summed E-state index contributed by atoms with van der Waals surface area (Å²) in [5.74, 6) is -0.438. The summed E-state index contributed by atoms with van der Waals surface area (Å²) in [6.45, 7) is 0. The fourth-order valence-corrected chi connectivity index (χ4v) is 2.95. The normalized spacial score (nSPS) is 13.9. The number of aromatic hydroxyl groups is 1. The van der Waals surface area contributed by atoms with Crippen molar-refractivity contribution in [3.63, 3.8) is 0 Å². The number of ketones is 2. The molecule has 0 fully saturated rings. The van der Waals surface area contributed by atoms with Crippen molar-refractivity contribution in [2.75, 3.05) is 0 Å². The van der Waals surface area contributed by atoms with Crippen molar-refractivity contribution in [1.82, 2.24) is 0 Å². The van der Waals surface area contributed by atoms with Gasteiger partial charge in [0.1, 0.15) is 5.75 Å². The maximum atomic E-state index is 12.3. The predicted octanol–water partition coefficient (Wildman–Crippen LogP) is 3.63. The molecular formula is C18H10O3. The Labute approximate surface area is 120 Å². The number of allylic oxidation sites excluding steroid dienone is 2. The minimum Gasteiger partial charge on any atom is -0.507 e. The summed E-state index contributed by atoms with van der Waals surface area (Å²) in [5, 5.41) is 13.3. The zero-order valence-corrected chi connectivity index (χ0v) is 11.0. The Kier molecular flexibility index (Phi) is 2.27. The molecule has 4 rings (SSSR count). The van der Waals surface area contributed by atoms with Crippen LogP contribution in [0.4, 0.5) is 0 Å². The van der Waals surface area contributed by atoms with Gasteiger partial charge in [-0.15, -0.1) is 0 Å². The zero-order chi connectivity index (χ0) is 14.6. The lowest BCUT2D eigenvalue weighted by molar-refractivity contribution is 0.0995. The second-order valence-electron chi connectivity index (χ2n) is 5.09. The lowest BCUT2D eigenvalue weighted by Crippen LogP contribution is -2.12. The maximum absolute atomic E-state index is 12.3. The van der Waals surface area contributed by atoms with E-state index in [1.54, 1.807) is 6.07 Å². The first-order chi connectivity index (χ1) is 10.2. The summed E-state index contributed by atoms with van der Waals surface area (Å²) >= 11 is 0. The SMILES string of the molecule is O=C1C=CC(=O)c2c1cc(O)c1ccc3ccccc3c21. The van der Waals surface area contributed by atoms with Crippen LogP contribution >= 0.6 is 0 Å². The van der Waals surface area contributed by atoms with Crippen LogP contribution in [0.3, 0.4) is 0 Å². The number of benzene rings is 3. The molecule has 3 heteroatoms. The molecule has 0 atom stereocenters. The molecule has 100 valence electrons. The highest BCUT2D eigenvalue weighted by atomic mass is 16.3. The van der Waals surface area contributed by atoms with Gasteiger partial charge < -0.3 is 5.11 Å². The van der Waals surface area contributed by atoms with Crippen LogP contribution in [0.1, 0.15) is 20.7 Å². The second-order valence-corrected chi connectivity index (χ2v) is 5.09. The number of phenolic OH excluding ortho intramolecular Hbond substituents is 1. The van der Waals surface area contributed by atoms with Crippen LogP contribution in [-0.4, -0.2) is 16.7 Å². The zero-order valence-electron chi connectivity index (χ0n) is 11.0. The third kappa shape index (κ3) is 1.54. The predicted molar refractivity (Wildman–Crippen MR) is 80.9 cm³/mol. The molecule has 0 spiro atoms. The third-order valence-electron chi connectivity index (χ3n) is 3.90. The summed E-state index contributed by atoms with van der Waals surface area (Å²) < 4.78 is 0. The largest absolute Gasteiger partial charge is 0.507 e. The number of phenols is 1. The van der Waals surface area contributed by atoms with Gasteiger partial charge in [-0.2, -0.15) is 0 Å². The molecule has 0 radical (unpaired) electrons. The number of rotatable bonds is 0. The van der Waals surface area contributed by atoms with E-state index in [1.807, 2.05) is 30.3 Å². The maximum Gasteiger partial charge on any atom is 0.187 e. The van der Waals surface area contributed by atoms with Crippen molar-refractivity contribution in [2.45, 2.75) is 0 Å². The summed E-state index contributed by atoms with van der Waals surface area (Å²) in [7, 11) is 0. The van der Waals surface area contributed by atoms with Crippen LogP contribution < -0.4 is 0 Å². The molecule has 0 saturated carbocycles. The molecule has 0 aromatic heterocycles. The molecule has 0 heterocycles. The van der Waals surface area contributed by atoms with E-state index in [0.29, 0.717) is 16.3 Å². The van der Waals surface area contributed by atoms with Crippen molar-refractivity contribution in [1.29, 1.82) is 0 Å². The van der Waals surface area contributed by atoms with E-state index >= 15 is 0 Å². The van der Waals surface area contributed by atoms with Gasteiger partial charge >= 0.3 is 0 Å². The molecule has 0 aliphatic heterocycles. The monoisotopic (exact) mass is 274 g/mol. The molecule has 0 unspecified atom stereocenters. The summed E-state index contributed by atoms with van der Waals surface area (Å²) in [4.78, 5) is 24.3. The average molecular weight is 274 g/mol. The number of fused-ring (bicyclic) bond motifs is 5. The fourth-order valence-electron chi connectivity index (χ4n) is 2.95. The Balaban J connectivity index is 2.32. The molecule has 1 aliphatic rings. The van der Waals surface area contributed by atoms with Crippen molar-refractivity contribution in [3.05, 3.63) is 65.7 Å². The molecule has 1 aliphatic carbocycles. The van der Waals surface area contributed by atoms with E-state index in [-0.39, 0.29) is 22.9 Å². The summed E-state index contributed by atoms with van der Waals surface area (Å²) in [6, 6.07) is 12.7. The van der Waals surface area contributed by atoms with Crippen LogP contribution in [0, 0.1) is 0 Å². The summed E-state index contributed by atoms with van der Waals surface area (Å²) in [6.07, 6.45) is 2.55. The summed E-state index contributed by atoms with van der Waals surface area (Å²) in [5.41, 5.74) is 0.649. The highest BCUT2D eigenvalue weighted by molar-refractivity contribution is 6.30. The first kappa shape index (κ1) is 11.9. The standard InChI is InChI=1S/C18H10O3/c19-14-7-8-15(20)18-13(14)9-16(21)12-6-5-10-3-1-2-4-11(10)17(12)18/h1-9,21H. The lowest BCUT2D eigenvalue weighted by atomic mass is 9.87. The Morgan fingerprint density at radius 2 is 1.57 bits per heavy atom. The van der Waals surface area contributed by atoms with Crippen molar-refractivity contribution >= 4 is 33.1 Å². The van der Waals surface area contributed by atoms with Gasteiger partial charge in [-0.1, -0.05) is 30.3 Å². The van der Waals surface area contributed by atoms with E-state index in [1.165, 1.54) is 18.2 Å². The molecule has 1 N–H and O–H groups in total. The van der Waals surface area contributed by atoms with Gasteiger partial charge in [0.15, 0.2) is 11.6 Å². The van der Waals surface area contributed by atoms with Crippen LogP contribution in [0.2, 0.25) is 0 Å². The Morgan fingerprint density at radius 3 is 2.43 bits per heavy atom. The molecule has 0 saturated heterocycles. The molecule has 3 aromatic carbocycles. The van der Waals surface area contributed by atoms with Crippen molar-refractivity contribution < 1.29 is 14.7 Å². The topological polar surface area (TPSA) is 54.4 Å². The molecule has 21 heavy (non-hydrogen) atoms. The number of hydrogen-bond donors (Lipinski definition) is 1. The van der Waals surface area contributed by atoms with E-state index in [2.05, 4.69) is 0 Å². The van der Waals surface area contributed by atoms with Crippen LogP contribution in [-0.2, 0) is 0 Å². The van der Waals surface area contributed by atoms with Gasteiger partial charge in [0, 0.05) is 21.9 Å². The van der Waals surface area contributed by atoms with Crippen LogP contribution in [0.5, 0.6) is 5.75 Å². The first-order valence-corrected chi connectivity index (χ1v) is 6.61. The Hall–Kier alpha value is -2.94. The van der Waals surface area contributed by atoms with Crippen molar-refractivity contribution in [2.24, 2.45) is 0 Å². The van der Waals surface area contributed by atoms with Gasteiger partial charge in [0.25, 0.3) is 0 Å². The van der Waals surface area contributed by atoms with Gasteiger partial charge in [-0.25, -0.2) is 0 Å². The minimum atomic E-state index is -0.255. The molecule has 3 nitrogen and oxygen atoms in total. The fraction of sp³-hybridized carbons (Fsp3) is 0. The van der Waals surface area contributed by atoms with Crippen molar-refractivity contribution in [3.8, 4) is 5.75 Å². The molecule has 0 bridgehead atoms. The highest BCUT2D eigenvalue weighted by Crippen LogP contribution is 2.37. The first-order valence-electron chi connectivity index (χ1n) is 6.61. The van der Waals surface area contributed by atoms with Gasteiger partial charge in [0.05, 0.1) is 0 Å². The Morgan fingerprint density at radius 1 is 0.810 bits per heavy atom. The molecule has 0 amide bonds. The van der Waals surface area contributed by atoms with Gasteiger partial charge in [-0.3, -0.25) is 9.59 Å². The van der Waals surface area contributed by atoms with E-state index in [4.69, 9.17) is 0 Å². The lowest BCUT2D eigenvalue weighted by Gasteiger charge is -2.15. The van der Waals surface area contributed by atoms with Crippen LogP contribution in [0.25, 0.3) is 21.5 Å². The number of carbonyl (C=O) groups excluding carboxylic acids is 2. The average Bonchev–Trinajstić information content (AvgIpc) is 2.50. The quantitative estimate of drug-likeness (QED) is 0.637.